The highest BCUT2D eigenvalue weighted by Gasteiger charge is 2.45. The van der Waals surface area contributed by atoms with Crippen LogP contribution in [0.25, 0.3) is 0 Å². The highest BCUT2D eigenvalue weighted by atomic mass is 19.3. The third-order valence-corrected chi connectivity index (χ3v) is 3.18. The molecular formula is C13H12F2N2O2. The summed E-state index contributed by atoms with van der Waals surface area (Å²) in [6.07, 6.45) is 0. The van der Waals surface area contributed by atoms with Crippen molar-refractivity contribution in [2.45, 2.75) is 19.0 Å². The molecule has 0 bridgehead atoms. The summed E-state index contributed by atoms with van der Waals surface area (Å²) < 4.78 is 32.3. The molecule has 0 amide bonds. The molecule has 19 heavy (non-hydrogen) atoms. The molecule has 2 aromatic rings. The van der Waals surface area contributed by atoms with E-state index < -0.39 is 23.8 Å². The molecule has 0 radical (unpaired) electrons. The number of nitrogens with zero attached hydrogens (tertiary/aromatic N) is 1. The average Bonchev–Trinajstić information content (AvgIpc) is 2.73. The van der Waals surface area contributed by atoms with E-state index in [0.29, 0.717) is 6.54 Å². The number of H-pyrrole nitrogens is 1. The first-order valence-electron chi connectivity index (χ1n) is 5.91. The van der Waals surface area contributed by atoms with Gasteiger partial charge in [0.1, 0.15) is 0 Å². The van der Waals surface area contributed by atoms with Gasteiger partial charge in [-0.15, -0.1) is 0 Å². The number of fused-ring (bicyclic) bond motifs is 1. The summed E-state index contributed by atoms with van der Waals surface area (Å²) in [6, 6.07) is 9.31. The van der Waals surface area contributed by atoms with Crippen molar-refractivity contribution < 1.29 is 13.3 Å². The quantitative estimate of drug-likeness (QED) is 0.905. The van der Waals surface area contributed by atoms with Crippen LogP contribution < -0.4 is 5.56 Å². The van der Waals surface area contributed by atoms with E-state index in [-0.39, 0.29) is 12.1 Å². The number of aromatic amines is 1. The molecule has 1 N–H and O–H groups in total. The fraction of sp³-hybridized carbons (Fsp3) is 0.308. The minimum absolute atomic E-state index is 0.0205. The van der Waals surface area contributed by atoms with Gasteiger partial charge in [-0.1, -0.05) is 30.3 Å². The zero-order valence-electron chi connectivity index (χ0n) is 10.0. The van der Waals surface area contributed by atoms with Crippen LogP contribution in [0.15, 0.2) is 39.6 Å². The van der Waals surface area contributed by atoms with E-state index in [1.54, 1.807) is 4.90 Å². The van der Waals surface area contributed by atoms with Crippen LogP contribution in [0.4, 0.5) is 8.78 Å². The van der Waals surface area contributed by atoms with Gasteiger partial charge in [0.2, 0.25) is 5.76 Å². The normalized spacial score (nSPS) is 18.2. The molecule has 1 aromatic carbocycles. The van der Waals surface area contributed by atoms with Crippen LogP contribution >= 0.6 is 0 Å². The summed E-state index contributed by atoms with van der Waals surface area (Å²) in [4.78, 5) is 13.0. The third-order valence-electron chi connectivity index (χ3n) is 3.18. The molecule has 0 saturated heterocycles. The molecule has 4 nitrogen and oxygen atoms in total. The van der Waals surface area contributed by atoms with E-state index in [0.717, 1.165) is 5.56 Å². The molecule has 0 aliphatic carbocycles. The second kappa shape index (κ2) is 4.31. The van der Waals surface area contributed by atoms with Gasteiger partial charge in [0.25, 0.3) is 5.56 Å². The lowest BCUT2D eigenvalue weighted by atomic mass is 10.0. The van der Waals surface area contributed by atoms with Crippen LogP contribution in [0, 0.1) is 0 Å². The van der Waals surface area contributed by atoms with Crippen LogP contribution in [0.2, 0.25) is 0 Å². The molecule has 6 heteroatoms. The molecule has 0 saturated carbocycles. The summed E-state index contributed by atoms with van der Waals surface area (Å²) in [6.45, 7) is 0.0990. The van der Waals surface area contributed by atoms with E-state index in [2.05, 4.69) is 4.52 Å². The van der Waals surface area contributed by atoms with Crippen molar-refractivity contribution in [3.63, 3.8) is 0 Å². The molecule has 1 aliphatic rings. The van der Waals surface area contributed by atoms with E-state index in [4.69, 9.17) is 0 Å². The Labute approximate surface area is 107 Å². The van der Waals surface area contributed by atoms with Gasteiger partial charge >= 0.3 is 5.92 Å². The van der Waals surface area contributed by atoms with Gasteiger partial charge in [-0.05, 0) is 5.56 Å². The predicted octanol–water partition coefficient (Wildman–Crippen LogP) is 2.08. The first kappa shape index (κ1) is 12.1. The van der Waals surface area contributed by atoms with Crippen LogP contribution in [0.3, 0.4) is 0 Å². The molecule has 0 spiro atoms. The van der Waals surface area contributed by atoms with Gasteiger partial charge < -0.3 is 4.52 Å². The van der Waals surface area contributed by atoms with Gasteiger partial charge in [0.05, 0.1) is 12.1 Å². The van der Waals surface area contributed by atoms with Crippen molar-refractivity contribution in [3.05, 3.63) is 57.6 Å². The fourth-order valence-electron chi connectivity index (χ4n) is 2.35. The predicted molar refractivity (Wildman–Crippen MR) is 63.8 cm³/mol. The number of nitrogens with one attached hydrogen (secondary N) is 1. The maximum absolute atomic E-state index is 13.9. The van der Waals surface area contributed by atoms with Gasteiger partial charge in [-0.2, -0.15) is 13.9 Å². The van der Waals surface area contributed by atoms with E-state index >= 15 is 0 Å². The molecule has 1 aliphatic heterocycles. The van der Waals surface area contributed by atoms with Crippen LogP contribution in [0.5, 0.6) is 0 Å². The number of benzene rings is 1. The Balaban J connectivity index is 1.88. The van der Waals surface area contributed by atoms with Crippen molar-refractivity contribution in [1.82, 2.24) is 10.1 Å². The van der Waals surface area contributed by atoms with Gasteiger partial charge in [-0.3, -0.25) is 9.69 Å². The fourth-order valence-corrected chi connectivity index (χ4v) is 2.35. The topological polar surface area (TPSA) is 49.2 Å². The number of alkyl halides is 2. The van der Waals surface area contributed by atoms with Gasteiger partial charge in [0, 0.05) is 13.1 Å². The zero-order valence-corrected chi connectivity index (χ0v) is 10.0. The average molecular weight is 266 g/mol. The monoisotopic (exact) mass is 266 g/mol. The van der Waals surface area contributed by atoms with Crippen molar-refractivity contribution in [2.75, 3.05) is 6.54 Å². The number of aromatic nitrogens is 1. The molecule has 0 fully saturated rings. The van der Waals surface area contributed by atoms with Crippen molar-refractivity contribution in [2.24, 2.45) is 0 Å². The largest absolute Gasteiger partial charge is 0.377 e. The van der Waals surface area contributed by atoms with Gasteiger partial charge in [0.15, 0.2) is 0 Å². The minimum Gasteiger partial charge on any atom is -0.377 e. The van der Waals surface area contributed by atoms with E-state index in [1.807, 2.05) is 35.5 Å². The number of hydrogen-bond acceptors (Lipinski definition) is 3. The lowest BCUT2D eigenvalue weighted by Crippen LogP contribution is -2.40. The second-order valence-electron chi connectivity index (χ2n) is 4.68. The zero-order chi connectivity index (χ0) is 13.5. The Morgan fingerprint density at radius 2 is 2.05 bits per heavy atom. The summed E-state index contributed by atoms with van der Waals surface area (Å²) in [5.74, 6) is -3.66. The minimum atomic E-state index is -3.14. The Morgan fingerprint density at radius 3 is 2.79 bits per heavy atom. The summed E-state index contributed by atoms with van der Waals surface area (Å²) in [5.41, 5.74) is 0.376. The molecular weight excluding hydrogens is 254 g/mol. The maximum Gasteiger partial charge on any atom is 0.320 e. The number of halogens is 2. The Bertz CT molecular complexity index is 634. The molecule has 0 unspecified atom stereocenters. The highest BCUT2D eigenvalue weighted by Crippen LogP contribution is 2.35. The SMILES string of the molecule is O=c1[nH]oc2c1CN(Cc1ccccc1)CC2(F)F. The number of hydrogen-bond donors (Lipinski definition) is 1. The summed E-state index contributed by atoms with van der Waals surface area (Å²) >= 11 is 0. The smallest absolute Gasteiger partial charge is 0.320 e. The second-order valence-corrected chi connectivity index (χ2v) is 4.68. The summed E-state index contributed by atoms with van der Waals surface area (Å²) in [5, 5.41) is 1.98. The standard InChI is InChI=1S/C13H12F2N2O2/c14-13(15)8-17(6-9-4-2-1-3-5-9)7-10-11(13)19-16-12(10)18/h1-5H,6-8H2,(H,16,18). The molecule has 2 heterocycles. The first-order chi connectivity index (χ1) is 9.06. The van der Waals surface area contributed by atoms with Crippen molar-refractivity contribution in [1.29, 1.82) is 0 Å². The van der Waals surface area contributed by atoms with Crippen molar-refractivity contribution >= 4 is 0 Å². The molecule has 3 rings (SSSR count). The third kappa shape index (κ3) is 2.19. The Hall–Kier alpha value is -1.95. The van der Waals surface area contributed by atoms with Crippen LogP contribution in [-0.4, -0.2) is 16.6 Å². The van der Waals surface area contributed by atoms with Crippen molar-refractivity contribution in [3.8, 4) is 0 Å². The maximum atomic E-state index is 13.9. The highest BCUT2D eigenvalue weighted by molar-refractivity contribution is 5.23. The first-order valence-corrected chi connectivity index (χ1v) is 5.91. The number of rotatable bonds is 2. The molecule has 100 valence electrons. The van der Waals surface area contributed by atoms with E-state index in [9.17, 15) is 13.6 Å². The molecule has 0 atom stereocenters. The lowest BCUT2D eigenvalue weighted by Gasteiger charge is -2.30. The Kier molecular flexibility index (Phi) is 2.74. The van der Waals surface area contributed by atoms with Gasteiger partial charge in [-0.25, -0.2) is 0 Å². The molecule has 1 aromatic heterocycles. The lowest BCUT2D eigenvalue weighted by molar-refractivity contribution is -0.0752. The van der Waals surface area contributed by atoms with Crippen LogP contribution in [-0.2, 0) is 19.0 Å². The van der Waals surface area contributed by atoms with Crippen LogP contribution in [0.1, 0.15) is 16.9 Å². The summed E-state index contributed by atoms with van der Waals surface area (Å²) in [7, 11) is 0. The van der Waals surface area contributed by atoms with E-state index in [1.165, 1.54) is 0 Å². The Morgan fingerprint density at radius 1 is 1.32 bits per heavy atom.